The number of rotatable bonds is 1. The smallest absolute Gasteiger partial charge is 0.251 e. The first-order valence-electron chi connectivity index (χ1n) is 4.55. The molecule has 1 N–H and O–H groups in total. The van der Waals surface area contributed by atoms with Gasteiger partial charge in [0.25, 0.3) is 5.91 Å². The first kappa shape index (κ1) is 9.15. The van der Waals surface area contributed by atoms with Gasteiger partial charge in [-0.15, -0.1) is 0 Å². The van der Waals surface area contributed by atoms with Crippen molar-refractivity contribution >= 4 is 5.91 Å². The molecule has 1 aromatic rings. The van der Waals surface area contributed by atoms with Crippen molar-refractivity contribution in [3.8, 4) is 0 Å². The number of amides is 1. The molecule has 1 unspecified atom stereocenters. The van der Waals surface area contributed by atoms with Gasteiger partial charge in [0, 0.05) is 25.9 Å². The predicted octanol–water partition coefficient (Wildman–Crippen LogP) is 0.346. The zero-order chi connectivity index (χ0) is 10.1. The number of nitrogens with zero attached hydrogens (tertiary/aromatic N) is 2. The van der Waals surface area contributed by atoms with Gasteiger partial charge in [-0.1, -0.05) is 6.07 Å². The van der Waals surface area contributed by atoms with E-state index >= 15 is 0 Å². The summed E-state index contributed by atoms with van der Waals surface area (Å²) in [6.07, 6.45) is 3.02. The first-order chi connectivity index (χ1) is 6.70. The van der Waals surface area contributed by atoms with Crippen LogP contribution in [-0.4, -0.2) is 34.0 Å². The second kappa shape index (κ2) is 3.38. The monoisotopic (exact) mass is 192 g/mol. The average molecular weight is 192 g/mol. The van der Waals surface area contributed by atoms with E-state index in [0.29, 0.717) is 6.42 Å². The van der Waals surface area contributed by atoms with Crippen molar-refractivity contribution in [1.29, 1.82) is 0 Å². The largest absolute Gasteiger partial charge is 0.383 e. The summed E-state index contributed by atoms with van der Waals surface area (Å²) in [5.41, 5.74) is 0.972. The topological polar surface area (TPSA) is 53.4 Å². The van der Waals surface area contributed by atoms with Crippen molar-refractivity contribution in [2.75, 3.05) is 7.05 Å². The number of carbonyl (C=O) groups excluding carboxylic acids is 1. The molecular weight excluding hydrogens is 180 g/mol. The van der Waals surface area contributed by atoms with Gasteiger partial charge in [-0.2, -0.15) is 0 Å². The van der Waals surface area contributed by atoms with Crippen LogP contribution in [0.1, 0.15) is 18.0 Å². The van der Waals surface area contributed by atoms with Crippen LogP contribution in [0, 0.1) is 0 Å². The molecule has 0 spiro atoms. The van der Waals surface area contributed by atoms with Crippen molar-refractivity contribution in [2.24, 2.45) is 0 Å². The Bertz CT molecular complexity index is 339. The Balaban J connectivity index is 2.26. The van der Waals surface area contributed by atoms with Gasteiger partial charge >= 0.3 is 0 Å². The van der Waals surface area contributed by atoms with Crippen LogP contribution in [0.3, 0.4) is 0 Å². The quantitative estimate of drug-likeness (QED) is 0.698. The lowest BCUT2D eigenvalue weighted by molar-refractivity contribution is -0.134. The van der Waals surface area contributed by atoms with Crippen LogP contribution in [0.15, 0.2) is 24.5 Å². The van der Waals surface area contributed by atoms with Crippen molar-refractivity contribution in [3.63, 3.8) is 0 Å². The van der Waals surface area contributed by atoms with Crippen molar-refractivity contribution < 1.29 is 9.90 Å². The van der Waals surface area contributed by atoms with E-state index in [1.807, 2.05) is 12.1 Å². The second-order valence-electron chi connectivity index (χ2n) is 3.50. The number of pyridine rings is 1. The third-order valence-corrected chi connectivity index (χ3v) is 2.62. The van der Waals surface area contributed by atoms with Gasteiger partial charge in [-0.25, -0.2) is 0 Å². The van der Waals surface area contributed by atoms with E-state index in [2.05, 4.69) is 4.98 Å². The van der Waals surface area contributed by atoms with Gasteiger partial charge < -0.3 is 10.0 Å². The minimum atomic E-state index is -0.856. The van der Waals surface area contributed by atoms with Crippen molar-refractivity contribution in [3.05, 3.63) is 30.1 Å². The molecule has 2 rings (SSSR count). The van der Waals surface area contributed by atoms with Gasteiger partial charge in [-0.05, 0) is 11.6 Å². The van der Waals surface area contributed by atoms with Crippen LogP contribution in [0.2, 0.25) is 0 Å². The highest BCUT2D eigenvalue weighted by atomic mass is 16.3. The molecule has 0 aromatic carbocycles. The van der Waals surface area contributed by atoms with Gasteiger partial charge in [0.1, 0.15) is 6.10 Å². The molecule has 74 valence electrons. The molecule has 1 aromatic heterocycles. The summed E-state index contributed by atoms with van der Waals surface area (Å²) in [6.45, 7) is 0. The maximum absolute atomic E-state index is 11.3. The summed E-state index contributed by atoms with van der Waals surface area (Å²) < 4.78 is 0. The zero-order valence-corrected chi connectivity index (χ0v) is 7.92. The number of hydrogen-bond donors (Lipinski definition) is 1. The number of hydrogen-bond acceptors (Lipinski definition) is 3. The Morgan fingerprint density at radius 2 is 2.43 bits per heavy atom. The molecule has 2 atom stereocenters. The van der Waals surface area contributed by atoms with E-state index in [1.165, 1.54) is 0 Å². The molecule has 1 amide bonds. The van der Waals surface area contributed by atoms with E-state index in [-0.39, 0.29) is 11.9 Å². The van der Waals surface area contributed by atoms with Crippen molar-refractivity contribution in [2.45, 2.75) is 18.6 Å². The number of likely N-dealkylation sites (tertiary alicyclic amines) is 1. The minimum Gasteiger partial charge on any atom is -0.383 e. The van der Waals surface area contributed by atoms with E-state index in [4.69, 9.17) is 0 Å². The number of aromatic nitrogens is 1. The summed E-state index contributed by atoms with van der Waals surface area (Å²) in [5.74, 6) is -0.209. The third-order valence-electron chi connectivity index (χ3n) is 2.62. The number of aliphatic hydroxyl groups is 1. The number of likely N-dealkylation sites (N-methyl/N-ethyl adjacent to an activating group) is 1. The highest BCUT2D eigenvalue weighted by Crippen LogP contribution is 2.30. The summed E-state index contributed by atoms with van der Waals surface area (Å²) >= 11 is 0. The first-order valence-corrected chi connectivity index (χ1v) is 4.55. The highest BCUT2D eigenvalue weighted by molar-refractivity contribution is 5.83. The molecule has 1 aliphatic heterocycles. The minimum absolute atomic E-state index is 0.0359. The standard InChI is InChI=1S/C10H12N2O2/c1-12-8(5-9(13)10(12)14)7-3-2-4-11-6-7/h2-4,6,8-9,13H,5H2,1H3/t8-,9?/m1/s1. The summed E-state index contributed by atoms with van der Waals surface area (Å²) in [5, 5.41) is 9.39. The maximum Gasteiger partial charge on any atom is 0.251 e. The summed E-state index contributed by atoms with van der Waals surface area (Å²) in [6, 6.07) is 3.71. The summed E-state index contributed by atoms with van der Waals surface area (Å²) in [7, 11) is 1.70. The fraction of sp³-hybridized carbons (Fsp3) is 0.400. The van der Waals surface area contributed by atoms with Crippen LogP contribution in [-0.2, 0) is 4.79 Å². The predicted molar refractivity (Wildman–Crippen MR) is 50.4 cm³/mol. The van der Waals surface area contributed by atoms with Gasteiger partial charge in [0.05, 0.1) is 6.04 Å². The molecule has 4 heteroatoms. The molecular formula is C10H12N2O2. The lowest BCUT2D eigenvalue weighted by Crippen LogP contribution is -2.26. The average Bonchev–Trinajstić information content (AvgIpc) is 2.47. The molecule has 1 aliphatic rings. The molecule has 0 aliphatic carbocycles. The van der Waals surface area contributed by atoms with Crippen LogP contribution < -0.4 is 0 Å². The Morgan fingerprint density at radius 3 is 2.93 bits per heavy atom. The number of carbonyl (C=O) groups is 1. The van der Waals surface area contributed by atoms with E-state index in [1.54, 1.807) is 24.3 Å². The maximum atomic E-state index is 11.3. The lowest BCUT2D eigenvalue weighted by atomic mass is 10.1. The van der Waals surface area contributed by atoms with Gasteiger partial charge in [-0.3, -0.25) is 9.78 Å². The molecule has 2 heterocycles. The van der Waals surface area contributed by atoms with Gasteiger partial charge in [0.2, 0.25) is 0 Å². The Labute approximate surface area is 82.2 Å². The molecule has 1 fully saturated rings. The molecule has 0 saturated carbocycles. The van der Waals surface area contributed by atoms with Crippen LogP contribution in [0.4, 0.5) is 0 Å². The highest BCUT2D eigenvalue weighted by Gasteiger charge is 2.36. The summed E-state index contributed by atoms with van der Waals surface area (Å²) in [4.78, 5) is 16.9. The van der Waals surface area contributed by atoms with E-state index in [0.717, 1.165) is 5.56 Å². The van der Waals surface area contributed by atoms with Gasteiger partial charge in [0.15, 0.2) is 0 Å². The SMILES string of the molecule is CN1C(=O)C(O)C[C@@H]1c1cccnc1. The lowest BCUT2D eigenvalue weighted by Gasteiger charge is -2.18. The van der Waals surface area contributed by atoms with E-state index in [9.17, 15) is 9.90 Å². The normalized spacial score (nSPS) is 27.0. The van der Waals surface area contributed by atoms with Crippen LogP contribution in [0.5, 0.6) is 0 Å². The molecule has 1 saturated heterocycles. The third kappa shape index (κ3) is 1.37. The second-order valence-corrected chi connectivity index (χ2v) is 3.50. The molecule has 0 radical (unpaired) electrons. The van der Waals surface area contributed by atoms with E-state index < -0.39 is 6.10 Å². The zero-order valence-electron chi connectivity index (χ0n) is 7.92. The number of aliphatic hydroxyl groups excluding tert-OH is 1. The fourth-order valence-electron chi connectivity index (χ4n) is 1.79. The van der Waals surface area contributed by atoms with Crippen LogP contribution in [0.25, 0.3) is 0 Å². The molecule has 14 heavy (non-hydrogen) atoms. The Kier molecular flexibility index (Phi) is 2.21. The van der Waals surface area contributed by atoms with Crippen LogP contribution >= 0.6 is 0 Å². The molecule has 4 nitrogen and oxygen atoms in total. The molecule has 0 bridgehead atoms. The Morgan fingerprint density at radius 1 is 1.64 bits per heavy atom. The Hall–Kier alpha value is -1.42. The van der Waals surface area contributed by atoms with Crippen molar-refractivity contribution in [1.82, 2.24) is 9.88 Å². The fourth-order valence-corrected chi connectivity index (χ4v) is 1.79.